The van der Waals surface area contributed by atoms with Crippen LogP contribution in [-0.2, 0) is 0 Å². The second-order valence-corrected chi connectivity index (χ2v) is 5.17. The van der Waals surface area contributed by atoms with Gasteiger partial charge in [-0.15, -0.1) is 0 Å². The summed E-state index contributed by atoms with van der Waals surface area (Å²) in [7, 11) is 0. The predicted octanol–water partition coefficient (Wildman–Crippen LogP) is 3.36. The molecule has 0 aliphatic heterocycles. The van der Waals surface area contributed by atoms with E-state index in [1.807, 2.05) is 0 Å². The standard InChI is InChI=1S/C13H12ClN5O2/c14-8-1-3-9(4-2-8)16-12-11(19(20)21)7-15-13(18-12)17-10-5-6-10/h1-4,7,10H,5-6H2,(H2,15,16,17,18). The van der Waals surface area contributed by atoms with Gasteiger partial charge >= 0.3 is 5.69 Å². The Hall–Kier alpha value is -2.41. The molecule has 0 atom stereocenters. The maximum absolute atomic E-state index is 11.1. The Bertz CT molecular complexity index is 673. The summed E-state index contributed by atoms with van der Waals surface area (Å²) in [5.74, 6) is 0.542. The Morgan fingerprint density at radius 2 is 2.00 bits per heavy atom. The van der Waals surface area contributed by atoms with Crippen LogP contribution in [0.1, 0.15) is 12.8 Å². The Morgan fingerprint density at radius 1 is 1.29 bits per heavy atom. The highest BCUT2D eigenvalue weighted by Crippen LogP contribution is 2.28. The first-order chi connectivity index (χ1) is 10.1. The zero-order chi connectivity index (χ0) is 14.8. The normalized spacial score (nSPS) is 13.8. The molecule has 0 spiro atoms. The Balaban J connectivity index is 1.88. The van der Waals surface area contributed by atoms with Crippen molar-refractivity contribution in [2.75, 3.05) is 10.6 Å². The van der Waals surface area contributed by atoms with Crippen LogP contribution in [-0.4, -0.2) is 20.9 Å². The van der Waals surface area contributed by atoms with Gasteiger partial charge in [-0.2, -0.15) is 4.98 Å². The second kappa shape index (κ2) is 5.53. The van der Waals surface area contributed by atoms with Crippen LogP contribution in [0, 0.1) is 10.1 Å². The van der Waals surface area contributed by atoms with Crippen molar-refractivity contribution < 1.29 is 4.92 Å². The molecule has 1 aliphatic rings. The maximum atomic E-state index is 11.1. The maximum Gasteiger partial charge on any atom is 0.329 e. The summed E-state index contributed by atoms with van der Waals surface area (Å²) in [6, 6.07) is 7.21. The van der Waals surface area contributed by atoms with E-state index in [0.717, 1.165) is 12.8 Å². The number of nitro groups is 1. The van der Waals surface area contributed by atoms with Gasteiger partial charge in [0, 0.05) is 16.8 Å². The molecule has 0 amide bonds. The first kappa shape index (κ1) is 13.6. The molecule has 2 aromatic rings. The molecule has 8 heteroatoms. The number of rotatable bonds is 5. The molecule has 3 rings (SSSR count). The van der Waals surface area contributed by atoms with E-state index >= 15 is 0 Å². The zero-order valence-electron chi connectivity index (χ0n) is 10.9. The van der Waals surface area contributed by atoms with Crippen molar-refractivity contribution in [2.24, 2.45) is 0 Å². The average molecular weight is 306 g/mol. The Kier molecular flexibility index (Phi) is 3.57. The van der Waals surface area contributed by atoms with Gasteiger partial charge in [0.15, 0.2) is 0 Å². The van der Waals surface area contributed by atoms with Crippen molar-refractivity contribution in [2.45, 2.75) is 18.9 Å². The molecule has 108 valence electrons. The average Bonchev–Trinajstić information content (AvgIpc) is 3.25. The summed E-state index contributed by atoms with van der Waals surface area (Å²) < 4.78 is 0. The third-order valence-corrected chi connectivity index (χ3v) is 3.24. The van der Waals surface area contributed by atoms with Crippen LogP contribution in [0.2, 0.25) is 5.02 Å². The van der Waals surface area contributed by atoms with Crippen molar-refractivity contribution >= 4 is 34.7 Å². The molecule has 0 bridgehead atoms. The second-order valence-electron chi connectivity index (χ2n) is 4.74. The monoisotopic (exact) mass is 305 g/mol. The number of hydrogen-bond donors (Lipinski definition) is 2. The van der Waals surface area contributed by atoms with Gasteiger partial charge in [0.2, 0.25) is 11.8 Å². The van der Waals surface area contributed by atoms with Gasteiger partial charge in [-0.05, 0) is 37.1 Å². The van der Waals surface area contributed by atoms with E-state index in [1.54, 1.807) is 24.3 Å². The molecular formula is C13H12ClN5O2. The SMILES string of the molecule is O=[N+]([O-])c1cnc(NC2CC2)nc1Nc1ccc(Cl)cc1. The number of aromatic nitrogens is 2. The van der Waals surface area contributed by atoms with Gasteiger partial charge in [0.05, 0.1) is 4.92 Å². The van der Waals surface area contributed by atoms with E-state index in [1.165, 1.54) is 6.20 Å². The Labute approximate surface area is 125 Å². The fraction of sp³-hybridized carbons (Fsp3) is 0.231. The van der Waals surface area contributed by atoms with E-state index in [9.17, 15) is 10.1 Å². The minimum absolute atomic E-state index is 0.153. The van der Waals surface area contributed by atoms with Gasteiger partial charge in [-0.25, -0.2) is 4.98 Å². The van der Waals surface area contributed by atoms with Gasteiger partial charge in [0.1, 0.15) is 6.20 Å². The van der Waals surface area contributed by atoms with Gasteiger partial charge in [-0.3, -0.25) is 10.1 Å². The number of benzene rings is 1. The molecule has 1 fully saturated rings. The summed E-state index contributed by atoms with van der Waals surface area (Å²) in [4.78, 5) is 18.7. The largest absolute Gasteiger partial charge is 0.351 e. The first-order valence-corrected chi connectivity index (χ1v) is 6.80. The summed E-state index contributed by atoms with van der Waals surface area (Å²) in [6.07, 6.45) is 3.34. The van der Waals surface area contributed by atoms with Crippen molar-refractivity contribution in [1.29, 1.82) is 0 Å². The highest BCUT2D eigenvalue weighted by molar-refractivity contribution is 6.30. The van der Waals surface area contributed by atoms with Gasteiger partial charge < -0.3 is 10.6 Å². The molecule has 1 saturated carbocycles. The van der Waals surface area contributed by atoms with Crippen molar-refractivity contribution in [3.63, 3.8) is 0 Å². The number of nitrogens with one attached hydrogen (secondary N) is 2. The van der Waals surface area contributed by atoms with Crippen LogP contribution in [0.3, 0.4) is 0 Å². The number of anilines is 3. The molecule has 1 aromatic heterocycles. The van der Waals surface area contributed by atoms with E-state index in [-0.39, 0.29) is 11.5 Å². The van der Waals surface area contributed by atoms with Crippen molar-refractivity contribution in [1.82, 2.24) is 9.97 Å². The lowest BCUT2D eigenvalue weighted by atomic mass is 10.3. The van der Waals surface area contributed by atoms with Crippen LogP contribution in [0.15, 0.2) is 30.5 Å². The fourth-order valence-electron chi connectivity index (χ4n) is 1.75. The molecule has 7 nitrogen and oxygen atoms in total. The molecule has 1 heterocycles. The molecule has 2 N–H and O–H groups in total. The van der Waals surface area contributed by atoms with E-state index in [2.05, 4.69) is 20.6 Å². The Morgan fingerprint density at radius 3 is 2.62 bits per heavy atom. The summed E-state index contributed by atoms with van der Waals surface area (Å²) in [5, 5.41) is 17.7. The molecule has 0 unspecified atom stereocenters. The number of hydrogen-bond acceptors (Lipinski definition) is 6. The molecule has 21 heavy (non-hydrogen) atoms. The molecule has 1 aliphatic carbocycles. The minimum atomic E-state index is -0.515. The minimum Gasteiger partial charge on any atom is -0.351 e. The first-order valence-electron chi connectivity index (χ1n) is 6.42. The van der Waals surface area contributed by atoms with Crippen LogP contribution in [0.25, 0.3) is 0 Å². The van der Waals surface area contributed by atoms with Crippen molar-refractivity contribution in [3.8, 4) is 0 Å². The lowest BCUT2D eigenvalue weighted by Gasteiger charge is -2.08. The highest BCUT2D eigenvalue weighted by atomic mass is 35.5. The highest BCUT2D eigenvalue weighted by Gasteiger charge is 2.24. The molecule has 0 saturated heterocycles. The summed E-state index contributed by atoms with van der Waals surface area (Å²) in [6.45, 7) is 0. The predicted molar refractivity (Wildman–Crippen MR) is 80.1 cm³/mol. The lowest BCUT2D eigenvalue weighted by Crippen LogP contribution is -2.08. The molecule has 0 radical (unpaired) electrons. The lowest BCUT2D eigenvalue weighted by molar-refractivity contribution is -0.384. The fourth-order valence-corrected chi connectivity index (χ4v) is 1.88. The van der Waals surface area contributed by atoms with E-state index in [0.29, 0.717) is 22.7 Å². The third kappa shape index (κ3) is 3.38. The van der Waals surface area contributed by atoms with Gasteiger partial charge in [0.25, 0.3) is 0 Å². The van der Waals surface area contributed by atoms with Crippen LogP contribution < -0.4 is 10.6 Å². The quantitative estimate of drug-likeness (QED) is 0.650. The molecule has 1 aromatic carbocycles. The van der Waals surface area contributed by atoms with Crippen LogP contribution in [0.5, 0.6) is 0 Å². The van der Waals surface area contributed by atoms with Crippen LogP contribution >= 0.6 is 11.6 Å². The topological polar surface area (TPSA) is 93.0 Å². The number of nitrogens with zero attached hydrogens (tertiary/aromatic N) is 3. The van der Waals surface area contributed by atoms with Crippen molar-refractivity contribution in [3.05, 3.63) is 45.6 Å². The number of halogens is 1. The van der Waals surface area contributed by atoms with Gasteiger partial charge in [-0.1, -0.05) is 11.6 Å². The van der Waals surface area contributed by atoms with E-state index in [4.69, 9.17) is 11.6 Å². The summed E-state index contributed by atoms with van der Waals surface area (Å²) >= 11 is 5.81. The molecular weight excluding hydrogens is 294 g/mol. The zero-order valence-corrected chi connectivity index (χ0v) is 11.7. The smallest absolute Gasteiger partial charge is 0.329 e. The van der Waals surface area contributed by atoms with Crippen LogP contribution in [0.4, 0.5) is 23.1 Å². The summed E-state index contributed by atoms with van der Waals surface area (Å²) in [5.41, 5.74) is 0.491. The van der Waals surface area contributed by atoms with E-state index < -0.39 is 4.92 Å². The third-order valence-electron chi connectivity index (χ3n) is 2.98.